The maximum Gasteiger partial charge on any atom is 0.188 e. The summed E-state index contributed by atoms with van der Waals surface area (Å²) in [5, 5.41) is 4.49. The number of hydrogen-bond acceptors (Lipinski definition) is 1. The van der Waals surface area contributed by atoms with E-state index in [9.17, 15) is 0 Å². The van der Waals surface area contributed by atoms with Crippen molar-refractivity contribution in [3.8, 4) is 0 Å². The molecule has 1 fully saturated rings. The molecule has 1 aromatic rings. The number of benzene rings is 1. The van der Waals surface area contributed by atoms with E-state index in [0.29, 0.717) is 35.0 Å². The highest BCUT2D eigenvalue weighted by Crippen LogP contribution is 2.24. The van der Waals surface area contributed by atoms with Gasteiger partial charge in [-0.25, -0.2) is 0 Å². The number of hydrogen-bond donors (Lipinski definition) is 2. The molecule has 1 aliphatic carbocycles. The van der Waals surface area contributed by atoms with Crippen molar-refractivity contribution in [1.82, 2.24) is 5.32 Å². The molecule has 0 unspecified atom stereocenters. The quantitative estimate of drug-likeness (QED) is 0.654. The molecule has 0 atom stereocenters. The normalized spacial score (nSPS) is 16.0. The lowest BCUT2D eigenvalue weighted by Gasteiger charge is -2.06. The van der Waals surface area contributed by atoms with Gasteiger partial charge in [-0.05, 0) is 37.0 Å². The third-order valence-electron chi connectivity index (χ3n) is 2.63. The first kappa shape index (κ1) is 12.5. The Kier molecular flexibility index (Phi) is 4.13. The lowest BCUT2D eigenvalue weighted by Crippen LogP contribution is -2.33. The summed E-state index contributed by atoms with van der Waals surface area (Å²) in [7, 11) is 0. The average Bonchev–Trinajstić information content (AvgIpc) is 3.06. The second-order valence-electron chi connectivity index (χ2n) is 4.14. The van der Waals surface area contributed by atoms with Gasteiger partial charge in [-0.3, -0.25) is 4.99 Å². The number of nitrogens with two attached hydrogens (primary N) is 1. The Bertz CT molecular complexity index is 408. The van der Waals surface area contributed by atoms with Crippen LogP contribution in [0.15, 0.2) is 23.2 Å². The highest BCUT2D eigenvalue weighted by Gasteiger charge is 2.21. The fourth-order valence-electron chi connectivity index (χ4n) is 1.54. The van der Waals surface area contributed by atoms with E-state index in [-0.39, 0.29) is 0 Å². The smallest absolute Gasteiger partial charge is 0.188 e. The predicted octanol–water partition coefficient (Wildman–Crippen LogP) is 2.60. The summed E-state index contributed by atoms with van der Waals surface area (Å²) in [4.78, 5) is 4.25. The average molecular weight is 272 g/mol. The zero-order chi connectivity index (χ0) is 12.3. The molecule has 92 valence electrons. The van der Waals surface area contributed by atoms with Crippen LogP contribution in [-0.4, -0.2) is 18.5 Å². The lowest BCUT2D eigenvalue weighted by atomic mass is 10.1. The molecule has 1 aliphatic rings. The number of rotatable bonds is 4. The summed E-state index contributed by atoms with van der Waals surface area (Å²) >= 11 is 12.1. The zero-order valence-corrected chi connectivity index (χ0v) is 10.9. The van der Waals surface area contributed by atoms with E-state index in [1.165, 1.54) is 12.8 Å². The van der Waals surface area contributed by atoms with Gasteiger partial charge in [0.15, 0.2) is 5.96 Å². The Morgan fingerprint density at radius 2 is 2.00 bits per heavy atom. The molecule has 0 aromatic heterocycles. The van der Waals surface area contributed by atoms with Crippen LogP contribution in [0, 0.1) is 0 Å². The van der Waals surface area contributed by atoms with Gasteiger partial charge in [-0.15, -0.1) is 0 Å². The van der Waals surface area contributed by atoms with Gasteiger partial charge in [-0.2, -0.15) is 0 Å². The molecule has 3 nitrogen and oxygen atoms in total. The molecule has 0 bridgehead atoms. The number of nitrogens with one attached hydrogen (secondary N) is 1. The summed E-state index contributed by atoms with van der Waals surface area (Å²) in [6, 6.07) is 6.03. The summed E-state index contributed by atoms with van der Waals surface area (Å²) in [5.74, 6) is 0.510. The maximum atomic E-state index is 6.06. The van der Waals surface area contributed by atoms with Crippen molar-refractivity contribution in [1.29, 1.82) is 0 Å². The Morgan fingerprint density at radius 1 is 1.35 bits per heavy atom. The first-order chi connectivity index (χ1) is 8.16. The van der Waals surface area contributed by atoms with Crippen molar-refractivity contribution in [2.75, 3.05) is 6.54 Å². The molecule has 2 rings (SSSR count). The van der Waals surface area contributed by atoms with Crippen LogP contribution in [0.5, 0.6) is 0 Å². The van der Waals surface area contributed by atoms with Gasteiger partial charge in [0.25, 0.3) is 0 Å². The molecule has 5 heteroatoms. The van der Waals surface area contributed by atoms with Gasteiger partial charge in [-0.1, -0.05) is 29.3 Å². The Morgan fingerprint density at radius 3 is 2.59 bits per heavy atom. The summed E-state index contributed by atoms with van der Waals surface area (Å²) in [6.07, 6.45) is 3.07. The number of nitrogens with zero attached hydrogens (tertiary/aromatic N) is 1. The van der Waals surface area contributed by atoms with E-state index < -0.39 is 0 Å². The van der Waals surface area contributed by atoms with Gasteiger partial charge in [0.1, 0.15) is 0 Å². The largest absolute Gasteiger partial charge is 0.370 e. The van der Waals surface area contributed by atoms with Crippen molar-refractivity contribution in [3.05, 3.63) is 33.8 Å². The molecule has 0 spiro atoms. The van der Waals surface area contributed by atoms with Crippen molar-refractivity contribution in [3.63, 3.8) is 0 Å². The van der Waals surface area contributed by atoms with Crippen LogP contribution < -0.4 is 11.1 Å². The summed E-state index contributed by atoms with van der Waals surface area (Å²) < 4.78 is 0. The standard InChI is InChI=1S/C12H15Cl2N3/c13-10-2-1-3-11(14)9(10)6-7-16-12(15)17-8-4-5-8/h1-3,8H,4-7H2,(H3,15,16,17). The molecule has 3 N–H and O–H groups in total. The highest BCUT2D eigenvalue weighted by molar-refractivity contribution is 6.35. The SMILES string of the molecule is NC(=NCCc1c(Cl)cccc1Cl)NC1CC1. The van der Waals surface area contributed by atoms with Crippen molar-refractivity contribution in [2.45, 2.75) is 25.3 Å². The minimum Gasteiger partial charge on any atom is -0.370 e. The first-order valence-electron chi connectivity index (χ1n) is 5.66. The van der Waals surface area contributed by atoms with Crippen LogP contribution in [0.4, 0.5) is 0 Å². The van der Waals surface area contributed by atoms with Crippen molar-refractivity contribution in [2.24, 2.45) is 10.7 Å². The van der Waals surface area contributed by atoms with Crippen LogP contribution >= 0.6 is 23.2 Å². The lowest BCUT2D eigenvalue weighted by molar-refractivity contribution is 0.870. The molecule has 0 saturated heterocycles. The molecule has 1 aromatic carbocycles. The van der Waals surface area contributed by atoms with Crippen LogP contribution in [0.3, 0.4) is 0 Å². The van der Waals surface area contributed by atoms with E-state index in [4.69, 9.17) is 28.9 Å². The van der Waals surface area contributed by atoms with E-state index in [1.807, 2.05) is 18.2 Å². The monoisotopic (exact) mass is 271 g/mol. The fraction of sp³-hybridized carbons (Fsp3) is 0.417. The number of halogens is 2. The zero-order valence-electron chi connectivity index (χ0n) is 9.42. The van der Waals surface area contributed by atoms with E-state index in [2.05, 4.69) is 10.3 Å². The molecule has 17 heavy (non-hydrogen) atoms. The highest BCUT2D eigenvalue weighted by atomic mass is 35.5. The third-order valence-corrected chi connectivity index (χ3v) is 3.34. The van der Waals surface area contributed by atoms with Gasteiger partial charge >= 0.3 is 0 Å². The molecular formula is C12H15Cl2N3. The minimum atomic E-state index is 0.510. The van der Waals surface area contributed by atoms with Gasteiger partial charge < -0.3 is 11.1 Å². The molecule has 0 aliphatic heterocycles. The minimum absolute atomic E-state index is 0.510. The van der Waals surface area contributed by atoms with Crippen LogP contribution in [0.2, 0.25) is 10.0 Å². The molecule has 0 amide bonds. The van der Waals surface area contributed by atoms with E-state index in [1.54, 1.807) is 0 Å². The Labute approximate surface area is 111 Å². The van der Waals surface area contributed by atoms with Crippen LogP contribution in [0.1, 0.15) is 18.4 Å². The van der Waals surface area contributed by atoms with Crippen LogP contribution in [0.25, 0.3) is 0 Å². The number of aliphatic imine (C=N–C) groups is 1. The third kappa shape index (κ3) is 3.79. The number of guanidine groups is 1. The van der Waals surface area contributed by atoms with Crippen molar-refractivity contribution < 1.29 is 0 Å². The van der Waals surface area contributed by atoms with Crippen LogP contribution in [-0.2, 0) is 6.42 Å². The van der Waals surface area contributed by atoms with Gasteiger partial charge in [0, 0.05) is 22.6 Å². The summed E-state index contributed by atoms with van der Waals surface area (Å²) in [5.41, 5.74) is 6.66. The van der Waals surface area contributed by atoms with Gasteiger partial charge in [0.2, 0.25) is 0 Å². The van der Waals surface area contributed by atoms with E-state index in [0.717, 1.165) is 5.56 Å². The van der Waals surface area contributed by atoms with Crippen molar-refractivity contribution >= 4 is 29.2 Å². The van der Waals surface area contributed by atoms with E-state index >= 15 is 0 Å². The summed E-state index contributed by atoms with van der Waals surface area (Å²) in [6.45, 7) is 0.592. The molecule has 0 radical (unpaired) electrons. The molecular weight excluding hydrogens is 257 g/mol. The maximum absolute atomic E-state index is 6.06. The second kappa shape index (κ2) is 5.61. The molecule has 0 heterocycles. The van der Waals surface area contributed by atoms with Gasteiger partial charge in [0.05, 0.1) is 0 Å². The Hall–Kier alpha value is -0.930. The predicted molar refractivity (Wildman–Crippen MR) is 72.8 cm³/mol. The topological polar surface area (TPSA) is 50.4 Å². The molecule has 1 saturated carbocycles. The Balaban J connectivity index is 1.88. The second-order valence-corrected chi connectivity index (χ2v) is 4.95. The fourth-order valence-corrected chi connectivity index (χ4v) is 2.13. The first-order valence-corrected chi connectivity index (χ1v) is 6.42.